The van der Waals surface area contributed by atoms with Gasteiger partial charge in [0.25, 0.3) is 0 Å². The highest BCUT2D eigenvalue weighted by Crippen LogP contribution is 2.21. The van der Waals surface area contributed by atoms with Crippen LogP contribution in [0.3, 0.4) is 0 Å². The van der Waals surface area contributed by atoms with Gasteiger partial charge in [-0.2, -0.15) is 0 Å². The van der Waals surface area contributed by atoms with Gasteiger partial charge in [-0.1, -0.05) is 39.8 Å². The van der Waals surface area contributed by atoms with Crippen molar-refractivity contribution in [3.8, 4) is 5.75 Å². The Kier molecular flexibility index (Phi) is 22.2. The molecule has 1 aliphatic rings. The predicted octanol–water partition coefficient (Wildman–Crippen LogP) is -3.51. The Labute approximate surface area is 383 Å². The minimum absolute atomic E-state index is 0.0638. The molecule has 0 bridgehead atoms. The van der Waals surface area contributed by atoms with E-state index in [9.17, 15) is 58.5 Å². The fourth-order valence-corrected chi connectivity index (χ4v) is 6.90. The van der Waals surface area contributed by atoms with Crippen molar-refractivity contribution in [3.05, 3.63) is 29.8 Å². The van der Waals surface area contributed by atoms with Crippen molar-refractivity contribution in [2.75, 3.05) is 13.1 Å². The standard InChI is InChI=1S/C42H68N12O12/c1-20(2)16-29(38(63)48-22(5)35(44)60)51-37(62)28(13-14-32(58)59)50-40(65)33(21(3)4)52-41(66)34(23(6)55)53-39(64)30(17-24-9-11-26(56)12-10-24)54-19-25(18-31(54)57)49-36(61)27(43)8-7-15-47-42(45)46/h9-12,20-23,25,27-30,33-34,55-56H,7-8,13-19,43H2,1-6H3,(H2,44,60)(H,48,63)(H,49,61)(H,50,65)(H,51,62)(H,52,66)(H,53,64)(H,58,59)(H4,45,46,47)/t22-,23-,25+,27-,28-,29-,30-,33-,34-/m1/s1. The maximum absolute atomic E-state index is 14.2. The quantitative estimate of drug-likeness (QED) is 0.0231. The monoisotopic (exact) mass is 933 g/mol. The molecule has 24 heteroatoms. The summed E-state index contributed by atoms with van der Waals surface area (Å²) in [6, 6.07) is -4.22. The number of aliphatic hydroxyl groups excluding tert-OH is 1. The lowest BCUT2D eigenvalue weighted by Gasteiger charge is -2.31. The summed E-state index contributed by atoms with van der Waals surface area (Å²) < 4.78 is 0. The second-order valence-electron chi connectivity index (χ2n) is 17.2. The number of hydrogen-bond donors (Lipinski definition) is 14. The van der Waals surface area contributed by atoms with Crippen LogP contribution in [0.25, 0.3) is 0 Å². The van der Waals surface area contributed by atoms with E-state index in [1.807, 2.05) is 0 Å². The smallest absolute Gasteiger partial charge is 0.303 e. The molecule has 9 atom stereocenters. The zero-order valence-electron chi connectivity index (χ0n) is 38.2. The number of phenolic OH excluding ortho intramolecular Hbond substituents is 1. The van der Waals surface area contributed by atoms with Crippen LogP contribution in [0.15, 0.2) is 24.3 Å². The topological polar surface area (TPSA) is 404 Å². The van der Waals surface area contributed by atoms with Crippen molar-refractivity contribution in [2.24, 2.45) is 29.0 Å². The van der Waals surface area contributed by atoms with Crippen molar-refractivity contribution in [2.45, 2.75) is 141 Å². The van der Waals surface area contributed by atoms with E-state index in [1.54, 1.807) is 27.7 Å². The molecule has 0 unspecified atom stereocenters. The zero-order valence-corrected chi connectivity index (χ0v) is 38.2. The molecule has 1 saturated heterocycles. The van der Waals surface area contributed by atoms with Crippen LogP contribution in [0.5, 0.6) is 5.75 Å². The average molecular weight is 933 g/mol. The molecule has 1 heterocycles. The summed E-state index contributed by atoms with van der Waals surface area (Å²) in [6.45, 7) is 9.38. The molecule has 0 aromatic heterocycles. The number of hydrogen-bond acceptors (Lipinski definition) is 13. The lowest BCUT2D eigenvalue weighted by molar-refractivity contribution is -0.140. The number of benzene rings is 1. The number of phenols is 1. The third kappa shape index (κ3) is 18.5. The third-order valence-corrected chi connectivity index (χ3v) is 10.6. The highest BCUT2D eigenvalue weighted by molar-refractivity contribution is 5.97. The van der Waals surface area contributed by atoms with E-state index < -0.39 is 126 Å². The first-order chi connectivity index (χ1) is 30.8. The summed E-state index contributed by atoms with van der Waals surface area (Å²) >= 11 is 0. The zero-order chi connectivity index (χ0) is 50.0. The number of nitrogens with one attached hydrogen (secondary N) is 8. The first-order valence-corrected chi connectivity index (χ1v) is 21.7. The van der Waals surface area contributed by atoms with Crippen LogP contribution in [0.1, 0.15) is 85.6 Å². The number of nitrogens with zero attached hydrogens (tertiary/aromatic N) is 1. The summed E-state index contributed by atoms with van der Waals surface area (Å²) in [4.78, 5) is 119. The van der Waals surface area contributed by atoms with Crippen LogP contribution < -0.4 is 54.4 Å². The maximum Gasteiger partial charge on any atom is 0.303 e. The van der Waals surface area contributed by atoms with Gasteiger partial charge in [0.2, 0.25) is 47.3 Å². The SMILES string of the molecule is CC(C)C[C@@H](NC(=O)[C@@H](CCC(=O)O)NC(=O)[C@H](NC(=O)[C@H](NC(=O)[C@@H](Cc1ccc(O)cc1)N1C[C@@H](NC(=O)[C@H](N)CCCNC(=N)N)CC1=O)[C@@H](C)O)C(C)C)C(=O)N[C@H](C)C(N)=O. The van der Waals surface area contributed by atoms with Crippen molar-refractivity contribution >= 4 is 59.2 Å². The van der Waals surface area contributed by atoms with Crippen LogP contribution in [-0.4, -0.2) is 147 Å². The molecule has 1 aliphatic heterocycles. The predicted molar refractivity (Wildman–Crippen MR) is 238 cm³/mol. The molecule has 368 valence electrons. The molecule has 0 spiro atoms. The minimum Gasteiger partial charge on any atom is -0.508 e. The van der Waals surface area contributed by atoms with Gasteiger partial charge in [-0.15, -0.1) is 0 Å². The Bertz CT molecular complexity index is 1900. The Hall–Kier alpha value is -6.56. The van der Waals surface area contributed by atoms with Gasteiger partial charge < -0.3 is 74.6 Å². The van der Waals surface area contributed by atoms with Gasteiger partial charge in [-0.25, -0.2) is 0 Å². The first-order valence-electron chi connectivity index (χ1n) is 21.7. The lowest BCUT2D eigenvalue weighted by Crippen LogP contribution is -2.62. The molecule has 1 aromatic carbocycles. The molecule has 66 heavy (non-hydrogen) atoms. The molecule has 17 N–H and O–H groups in total. The first kappa shape index (κ1) is 55.6. The molecule has 0 saturated carbocycles. The van der Waals surface area contributed by atoms with Crippen molar-refractivity contribution in [1.29, 1.82) is 5.41 Å². The Morgan fingerprint density at radius 3 is 1.91 bits per heavy atom. The molecule has 2 rings (SSSR count). The summed E-state index contributed by atoms with van der Waals surface area (Å²) in [5, 5.41) is 55.1. The number of amides is 8. The number of aliphatic carboxylic acids is 1. The van der Waals surface area contributed by atoms with E-state index in [4.69, 9.17) is 22.6 Å². The number of nitrogens with two attached hydrogens (primary N) is 3. The van der Waals surface area contributed by atoms with Crippen LogP contribution >= 0.6 is 0 Å². The number of guanidine groups is 1. The summed E-state index contributed by atoms with van der Waals surface area (Å²) in [7, 11) is 0. The Morgan fingerprint density at radius 1 is 0.788 bits per heavy atom. The van der Waals surface area contributed by atoms with Gasteiger partial charge >= 0.3 is 5.97 Å². The minimum atomic E-state index is -1.72. The summed E-state index contributed by atoms with van der Waals surface area (Å²) in [5.74, 6) is -8.88. The van der Waals surface area contributed by atoms with E-state index in [0.717, 1.165) is 0 Å². The number of carboxylic acid groups (broad SMARTS) is 1. The number of aliphatic hydroxyl groups is 1. The number of carboxylic acids is 1. The van der Waals surface area contributed by atoms with Crippen LogP contribution in [-0.2, 0) is 49.6 Å². The van der Waals surface area contributed by atoms with Gasteiger partial charge in [0.15, 0.2) is 5.96 Å². The van der Waals surface area contributed by atoms with Crippen LogP contribution in [0, 0.1) is 17.2 Å². The molecule has 0 radical (unpaired) electrons. The average Bonchev–Trinajstić information content (AvgIpc) is 3.58. The Balaban J connectivity index is 2.33. The van der Waals surface area contributed by atoms with E-state index in [-0.39, 0.29) is 49.9 Å². The van der Waals surface area contributed by atoms with Crippen LogP contribution in [0.2, 0.25) is 0 Å². The van der Waals surface area contributed by atoms with Gasteiger partial charge in [0.05, 0.1) is 18.2 Å². The van der Waals surface area contributed by atoms with E-state index >= 15 is 0 Å². The fourth-order valence-electron chi connectivity index (χ4n) is 6.90. The van der Waals surface area contributed by atoms with E-state index in [0.29, 0.717) is 18.5 Å². The molecular weight excluding hydrogens is 865 g/mol. The second-order valence-corrected chi connectivity index (χ2v) is 17.2. The number of aromatic hydroxyl groups is 1. The number of carbonyl (C=O) groups excluding carboxylic acids is 8. The number of rotatable bonds is 27. The third-order valence-electron chi connectivity index (χ3n) is 10.6. The molecule has 1 fully saturated rings. The summed E-state index contributed by atoms with van der Waals surface area (Å²) in [6.07, 6.45) is -2.16. The van der Waals surface area contributed by atoms with Gasteiger partial charge in [0, 0.05) is 32.4 Å². The van der Waals surface area contributed by atoms with Gasteiger partial charge in [-0.05, 0) is 69.1 Å². The molecule has 24 nitrogen and oxygen atoms in total. The normalized spacial score (nSPS) is 17.2. The Morgan fingerprint density at radius 2 is 1.36 bits per heavy atom. The van der Waals surface area contributed by atoms with Crippen molar-refractivity contribution < 1.29 is 58.5 Å². The highest BCUT2D eigenvalue weighted by Gasteiger charge is 2.41. The second kappa shape index (κ2) is 26.4. The number of primary amides is 1. The molecule has 8 amide bonds. The summed E-state index contributed by atoms with van der Waals surface area (Å²) in [5.41, 5.74) is 17.1. The highest BCUT2D eigenvalue weighted by atomic mass is 16.4. The molecule has 1 aromatic rings. The van der Waals surface area contributed by atoms with Gasteiger partial charge in [0.1, 0.15) is 42.0 Å². The van der Waals surface area contributed by atoms with E-state index in [1.165, 1.54) is 43.0 Å². The van der Waals surface area contributed by atoms with Gasteiger partial charge in [-0.3, -0.25) is 48.6 Å². The number of carbonyl (C=O) groups is 9. The van der Waals surface area contributed by atoms with Crippen LogP contribution in [0.4, 0.5) is 0 Å². The lowest BCUT2D eigenvalue weighted by atomic mass is 9.99. The fraction of sp³-hybridized carbons (Fsp3) is 0.619. The van der Waals surface area contributed by atoms with Crippen molar-refractivity contribution in [1.82, 2.24) is 42.1 Å². The molecular formula is C42H68N12O12. The van der Waals surface area contributed by atoms with Crippen molar-refractivity contribution in [3.63, 3.8) is 0 Å². The largest absolute Gasteiger partial charge is 0.508 e. The maximum atomic E-state index is 14.2. The number of likely N-dealkylation sites (tertiary alicyclic amines) is 1. The van der Waals surface area contributed by atoms with E-state index in [2.05, 4.69) is 37.2 Å². The molecule has 0 aliphatic carbocycles.